The largest absolute Gasteiger partial charge is 0.508 e. The van der Waals surface area contributed by atoms with Crippen molar-refractivity contribution in [3.05, 3.63) is 47.2 Å². The molecule has 3 aliphatic rings. The van der Waals surface area contributed by atoms with E-state index in [-0.39, 0.29) is 46.6 Å². The van der Waals surface area contributed by atoms with Gasteiger partial charge in [0.2, 0.25) is 0 Å². The van der Waals surface area contributed by atoms with Crippen molar-refractivity contribution in [1.29, 1.82) is 0 Å². The maximum absolute atomic E-state index is 17.0. The minimum atomic E-state index is -5.46. The van der Waals surface area contributed by atoms with Crippen molar-refractivity contribution in [3.8, 4) is 35.4 Å². The Balaban J connectivity index is 0.000000398. The van der Waals surface area contributed by atoms with Crippen molar-refractivity contribution >= 4 is 27.5 Å². The summed E-state index contributed by atoms with van der Waals surface area (Å²) in [6, 6.07) is 5.75. The lowest BCUT2D eigenvalue weighted by Crippen LogP contribution is -2.55. The lowest BCUT2D eigenvalue weighted by molar-refractivity contribution is -0.367. The second-order valence-corrected chi connectivity index (χ2v) is 14.8. The maximum Gasteiger partial charge on any atom is 0.426 e. The number of ether oxygens (including phenoxy) is 2. The average Bonchev–Trinajstić information content (AvgIpc) is 3.74. The number of terminal acetylenes is 1. The Kier molecular flexibility index (Phi) is 12.1. The molecule has 3 aliphatic heterocycles. The van der Waals surface area contributed by atoms with Gasteiger partial charge in [0.25, 0.3) is 5.60 Å². The summed E-state index contributed by atoms with van der Waals surface area (Å²) in [5.74, 6) is 1.88. The molecule has 0 bridgehead atoms. The first-order chi connectivity index (χ1) is 27.0. The molecule has 0 amide bonds. The molecule has 2 saturated heterocycles. The number of rotatable bonds is 6. The number of hydrogen-bond acceptors (Lipinski definition) is 9. The van der Waals surface area contributed by atoms with Crippen molar-refractivity contribution < 1.29 is 49.7 Å². The van der Waals surface area contributed by atoms with E-state index in [4.69, 9.17) is 21.1 Å². The highest BCUT2D eigenvalue weighted by Gasteiger charge is 2.68. The number of aromatic nitrogens is 3. The van der Waals surface area contributed by atoms with E-state index in [1.54, 1.807) is 0 Å². The van der Waals surface area contributed by atoms with Gasteiger partial charge in [-0.2, -0.15) is 36.3 Å². The first-order valence-corrected chi connectivity index (χ1v) is 18.8. The Morgan fingerprint density at radius 3 is 2.32 bits per heavy atom. The highest BCUT2D eigenvalue weighted by Crippen LogP contribution is 2.45. The van der Waals surface area contributed by atoms with Crippen molar-refractivity contribution in [2.45, 2.75) is 82.3 Å². The molecule has 0 aliphatic carbocycles. The third-order valence-corrected chi connectivity index (χ3v) is 11.5. The zero-order chi connectivity index (χ0) is 41.3. The molecule has 0 saturated carbocycles. The van der Waals surface area contributed by atoms with Crippen LogP contribution in [-0.4, -0.2) is 94.9 Å². The molecule has 5 heterocycles. The predicted octanol–water partition coefficient (Wildman–Crippen LogP) is 8.31. The van der Waals surface area contributed by atoms with Crippen molar-refractivity contribution in [2.24, 2.45) is 5.92 Å². The van der Waals surface area contributed by atoms with E-state index < -0.39 is 29.6 Å². The molecule has 3 N–H and O–H groups in total. The second-order valence-electron chi connectivity index (χ2n) is 14.8. The molecule has 0 radical (unpaired) electrons. The number of anilines is 1. The van der Waals surface area contributed by atoms with Crippen LogP contribution in [0.3, 0.4) is 0 Å². The zero-order valence-electron chi connectivity index (χ0n) is 31.7. The summed E-state index contributed by atoms with van der Waals surface area (Å²) in [5, 5.41) is 18.9. The number of benzene rings is 2. The summed E-state index contributed by atoms with van der Waals surface area (Å²) in [5.41, 5.74) is -3.27. The first-order valence-electron chi connectivity index (χ1n) is 18.8. The summed E-state index contributed by atoms with van der Waals surface area (Å²) in [6.45, 7) is 6.80. The molecule has 2 aromatic carbocycles. The van der Waals surface area contributed by atoms with Gasteiger partial charge in [0.1, 0.15) is 35.2 Å². The lowest BCUT2D eigenvalue weighted by Gasteiger charge is -2.32. The number of fused-ring (bicyclic) bond motifs is 2. The predicted molar refractivity (Wildman–Crippen MR) is 199 cm³/mol. The fourth-order valence-electron chi connectivity index (χ4n) is 7.95. The Labute approximate surface area is 324 Å². The number of phenolic OH excluding ortho intramolecular Hbond substituents is 1. The molecule has 2 fully saturated rings. The average molecular weight is 809 g/mol. The Morgan fingerprint density at radius 2 is 1.70 bits per heavy atom. The van der Waals surface area contributed by atoms with Crippen molar-refractivity contribution in [2.75, 3.05) is 51.8 Å². The molecular weight excluding hydrogens is 764 g/mol. The maximum atomic E-state index is 17.0. The summed E-state index contributed by atoms with van der Waals surface area (Å²) >= 11 is 0. The Bertz CT molecular complexity index is 2130. The Hall–Kier alpha value is -4.53. The normalized spacial score (nSPS) is 18.9. The van der Waals surface area contributed by atoms with E-state index in [1.165, 1.54) is 24.3 Å². The smallest absolute Gasteiger partial charge is 0.426 e. The fourth-order valence-corrected chi connectivity index (χ4v) is 7.95. The van der Waals surface area contributed by atoms with Crippen LogP contribution >= 0.6 is 0 Å². The molecule has 7 rings (SSSR count). The van der Waals surface area contributed by atoms with E-state index in [9.17, 15) is 35.8 Å². The Morgan fingerprint density at radius 1 is 1.00 bits per heavy atom. The van der Waals surface area contributed by atoms with Gasteiger partial charge < -0.3 is 25.2 Å². The molecule has 9 nitrogen and oxygen atoms in total. The number of methoxy groups -OCH3 is 1. The lowest BCUT2D eigenvalue weighted by atomic mass is 9.94. The molecule has 0 spiro atoms. The third kappa shape index (κ3) is 8.13. The van der Waals surface area contributed by atoms with Gasteiger partial charge in [-0.15, -0.1) is 6.42 Å². The summed E-state index contributed by atoms with van der Waals surface area (Å²) in [4.78, 5) is 16.8. The van der Waals surface area contributed by atoms with Crippen LogP contribution in [0.15, 0.2) is 24.3 Å². The highest BCUT2D eigenvalue weighted by molar-refractivity contribution is 6.03. The van der Waals surface area contributed by atoms with Gasteiger partial charge in [-0.25, -0.2) is 13.8 Å². The number of nitrogens with zero attached hydrogens (tertiary/aromatic N) is 4. The first kappa shape index (κ1) is 42.1. The fraction of sp³-hybridized carbons (Fsp3) is 0.525. The molecule has 2 aromatic heterocycles. The van der Waals surface area contributed by atoms with E-state index in [0.717, 1.165) is 64.7 Å². The standard InChI is InChI=1S/C35H38F2N6O2.C5H6F6O/c1-3-21-7-10-27-29-32(30(37)31(40-27)25-18-23(44)17-22-8-9-26(36)24(4-2)28(22)25)41-34(42-33(29)39-14-13-38-19-21)45-20-35-11-5-15-43(35)16-6-12-35;1-3(12-2,4(6,7)8)5(9,10)11/h2,8-9,17-18,21,38,44H,3,5-7,10-16,19-20H2,1H3,(H,39,41,42);1-2H3. The number of halogens is 8. The van der Waals surface area contributed by atoms with E-state index >= 15 is 4.39 Å². The van der Waals surface area contributed by atoms with Gasteiger partial charge in [-0.1, -0.05) is 25.3 Å². The number of hydrogen-bond donors (Lipinski definition) is 3. The monoisotopic (exact) mass is 808 g/mol. The van der Waals surface area contributed by atoms with Crippen LogP contribution in [0.25, 0.3) is 32.9 Å². The van der Waals surface area contributed by atoms with Crippen LogP contribution in [0.1, 0.15) is 63.6 Å². The van der Waals surface area contributed by atoms with E-state index in [1.807, 2.05) is 0 Å². The van der Waals surface area contributed by atoms with Gasteiger partial charge in [-0.3, -0.25) is 4.90 Å². The minimum absolute atomic E-state index is 0.0145. The minimum Gasteiger partial charge on any atom is -0.508 e. The number of aromatic hydroxyl groups is 1. The highest BCUT2D eigenvalue weighted by atomic mass is 19.4. The molecule has 1 unspecified atom stereocenters. The van der Waals surface area contributed by atoms with E-state index in [2.05, 4.69) is 38.1 Å². The van der Waals surface area contributed by atoms with Gasteiger partial charge in [0.15, 0.2) is 5.82 Å². The van der Waals surface area contributed by atoms with Gasteiger partial charge in [-0.05, 0) is 94.6 Å². The summed E-state index contributed by atoms with van der Waals surface area (Å²) in [6.07, 6.45) is 1.56. The quantitative estimate of drug-likeness (QED) is 0.131. The number of pyridine rings is 1. The van der Waals surface area contributed by atoms with Gasteiger partial charge in [0.05, 0.1) is 22.2 Å². The molecule has 4 aromatic rings. The molecular formula is C40H44F8N6O3. The van der Waals surface area contributed by atoms with Crippen LogP contribution in [0.4, 0.5) is 40.9 Å². The van der Waals surface area contributed by atoms with Gasteiger partial charge in [0, 0.05) is 31.1 Å². The SMILES string of the molecule is C#Cc1c(F)ccc2cc(O)cc(-c3nc4c5c(nc(OCC67CCCN6CCC7)nc5c3F)NCCNCC(CC)CC4)c12.COC(C)(C(F)(F)F)C(F)(F)F. The molecule has 17 heteroatoms. The van der Waals surface area contributed by atoms with Crippen LogP contribution < -0.4 is 15.4 Å². The molecule has 1 atom stereocenters. The molecule has 57 heavy (non-hydrogen) atoms. The topological polar surface area (TPSA) is 105 Å². The second kappa shape index (κ2) is 16.4. The summed E-state index contributed by atoms with van der Waals surface area (Å²) < 4.78 is 112. The van der Waals surface area contributed by atoms with Gasteiger partial charge >= 0.3 is 18.4 Å². The summed E-state index contributed by atoms with van der Waals surface area (Å²) in [7, 11) is 0.362. The number of nitrogens with one attached hydrogen (secondary N) is 2. The van der Waals surface area contributed by atoms with Crippen LogP contribution in [0, 0.1) is 29.9 Å². The molecule has 308 valence electrons. The van der Waals surface area contributed by atoms with Crippen molar-refractivity contribution in [3.63, 3.8) is 0 Å². The van der Waals surface area contributed by atoms with Crippen molar-refractivity contribution in [1.82, 2.24) is 25.2 Å². The van der Waals surface area contributed by atoms with Crippen LogP contribution in [-0.2, 0) is 11.2 Å². The van der Waals surface area contributed by atoms with E-state index in [0.29, 0.717) is 60.3 Å². The number of alkyl halides is 6. The number of aryl methyl sites for hydroxylation is 1. The zero-order valence-corrected chi connectivity index (χ0v) is 31.7. The third-order valence-electron chi connectivity index (χ3n) is 11.5. The number of phenols is 1. The van der Waals surface area contributed by atoms with Crippen LogP contribution in [0.2, 0.25) is 0 Å². The van der Waals surface area contributed by atoms with Crippen LogP contribution in [0.5, 0.6) is 11.8 Å².